The minimum absolute atomic E-state index is 0.0116. The molecule has 2 saturated heterocycles. The Morgan fingerprint density at radius 1 is 1.26 bits per heavy atom. The molecule has 3 fully saturated rings. The highest BCUT2D eigenvalue weighted by molar-refractivity contribution is 5.87. The van der Waals surface area contributed by atoms with E-state index in [2.05, 4.69) is 4.98 Å². The highest BCUT2D eigenvalue weighted by Crippen LogP contribution is 2.57. The van der Waals surface area contributed by atoms with Gasteiger partial charge in [0.2, 0.25) is 11.8 Å². The van der Waals surface area contributed by atoms with Gasteiger partial charge in [0.15, 0.2) is 5.69 Å². The van der Waals surface area contributed by atoms with Crippen LogP contribution in [-0.4, -0.2) is 53.2 Å². The second-order valence-electron chi connectivity index (χ2n) is 6.83. The molecule has 23 heavy (non-hydrogen) atoms. The largest absolute Gasteiger partial charge is 0.476 e. The summed E-state index contributed by atoms with van der Waals surface area (Å²) in [6.45, 7) is 2.67. The molecule has 0 radical (unpaired) electrons. The lowest BCUT2D eigenvalue weighted by atomic mass is 9.81. The molecule has 1 N–H and O–H groups in total. The molecule has 0 aromatic carbocycles. The summed E-state index contributed by atoms with van der Waals surface area (Å²) in [5.41, 5.74) is -0.233. The maximum atomic E-state index is 12.8. The summed E-state index contributed by atoms with van der Waals surface area (Å²) < 4.78 is 10.6. The van der Waals surface area contributed by atoms with Crippen LogP contribution in [0.25, 0.3) is 0 Å². The van der Waals surface area contributed by atoms with Gasteiger partial charge in [-0.25, -0.2) is 9.78 Å². The standard InChI is InChI=1S/C16H20N2O5/c19-14(20)12-9-23-13(17-12)10-7-18(8-10)15(21)16(3-4-16)11-1-5-22-6-2-11/h9-11H,1-8H2,(H,19,20). The molecule has 0 unspecified atom stereocenters. The van der Waals surface area contributed by atoms with Gasteiger partial charge in [-0.15, -0.1) is 0 Å². The number of aromatic carboxylic acids is 1. The van der Waals surface area contributed by atoms with Gasteiger partial charge in [-0.1, -0.05) is 0 Å². The lowest BCUT2D eigenvalue weighted by molar-refractivity contribution is -0.145. The summed E-state index contributed by atoms with van der Waals surface area (Å²) >= 11 is 0. The number of hydrogen-bond acceptors (Lipinski definition) is 5. The number of ether oxygens (including phenoxy) is 1. The smallest absolute Gasteiger partial charge is 0.357 e. The predicted octanol–water partition coefficient (Wildman–Crippen LogP) is 1.51. The zero-order valence-corrected chi connectivity index (χ0v) is 12.9. The van der Waals surface area contributed by atoms with E-state index in [1.165, 1.54) is 0 Å². The van der Waals surface area contributed by atoms with Gasteiger partial charge in [-0.3, -0.25) is 4.79 Å². The second kappa shape index (κ2) is 5.33. The van der Waals surface area contributed by atoms with Crippen LogP contribution in [0.15, 0.2) is 10.7 Å². The number of nitrogens with zero attached hydrogens (tertiary/aromatic N) is 2. The topological polar surface area (TPSA) is 92.9 Å². The normalized spacial score (nSPS) is 24.3. The molecule has 0 atom stereocenters. The summed E-state index contributed by atoms with van der Waals surface area (Å²) in [6.07, 6.45) is 5.08. The zero-order valence-electron chi connectivity index (χ0n) is 12.9. The molecule has 1 aliphatic carbocycles. The van der Waals surface area contributed by atoms with Crippen LogP contribution in [0.1, 0.15) is 48.0 Å². The minimum Gasteiger partial charge on any atom is -0.476 e. The first-order valence-corrected chi connectivity index (χ1v) is 8.16. The van der Waals surface area contributed by atoms with Crippen molar-refractivity contribution in [2.45, 2.75) is 31.6 Å². The van der Waals surface area contributed by atoms with Crippen LogP contribution in [0.5, 0.6) is 0 Å². The van der Waals surface area contributed by atoms with Gasteiger partial charge < -0.3 is 19.2 Å². The Labute approximate surface area is 133 Å². The average Bonchev–Trinajstić information content (AvgIpc) is 3.19. The Hall–Kier alpha value is -1.89. The van der Waals surface area contributed by atoms with Crippen LogP contribution in [0.4, 0.5) is 0 Å². The van der Waals surface area contributed by atoms with Crippen molar-refractivity contribution in [1.82, 2.24) is 9.88 Å². The highest BCUT2D eigenvalue weighted by Gasteiger charge is 2.58. The van der Waals surface area contributed by atoms with E-state index in [-0.39, 0.29) is 22.9 Å². The van der Waals surface area contributed by atoms with Crippen molar-refractivity contribution in [2.75, 3.05) is 26.3 Å². The molecule has 0 bridgehead atoms. The van der Waals surface area contributed by atoms with Crippen molar-refractivity contribution in [1.29, 1.82) is 0 Å². The number of hydrogen-bond donors (Lipinski definition) is 1. The van der Waals surface area contributed by atoms with Gasteiger partial charge in [0.05, 0.1) is 11.3 Å². The fraction of sp³-hybridized carbons (Fsp3) is 0.688. The van der Waals surface area contributed by atoms with E-state index in [9.17, 15) is 9.59 Å². The molecular formula is C16H20N2O5. The number of carboxylic acids is 1. The summed E-state index contributed by atoms with van der Waals surface area (Å²) in [4.78, 5) is 29.5. The number of amides is 1. The van der Waals surface area contributed by atoms with Crippen LogP contribution in [0.3, 0.4) is 0 Å². The van der Waals surface area contributed by atoms with Crippen molar-refractivity contribution >= 4 is 11.9 Å². The average molecular weight is 320 g/mol. The van der Waals surface area contributed by atoms with Crippen molar-refractivity contribution < 1.29 is 23.8 Å². The van der Waals surface area contributed by atoms with Gasteiger partial charge in [-0.05, 0) is 31.6 Å². The van der Waals surface area contributed by atoms with E-state index in [0.717, 1.165) is 45.2 Å². The zero-order chi connectivity index (χ0) is 16.0. The van der Waals surface area contributed by atoms with Crippen molar-refractivity contribution in [3.05, 3.63) is 17.8 Å². The summed E-state index contributed by atoms with van der Waals surface area (Å²) in [6, 6.07) is 0. The van der Waals surface area contributed by atoms with Gasteiger partial charge in [-0.2, -0.15) is 0 Å². The van der Waals surface area contributed by atoms with Crippen molar-refractivity contribution in [2.24, 2.45) is 11.3 Å². The minimum atomic E-state index is -1.09. The molecule has 7 heteroatoms. The maximum Gasteiger partial charge on any atom is 0.357 e. The van der Waals surface area contributed by atoms with Gasteiger partial charge in [0.25, 0.3) is 0 Å². The molecule has 1 aromatic heterocycles. The molecule has 1 saturated carbocycles. The number of rotatable bonds is 4. The van der Waals surface area contributed by atoms with Crippen molar-refractivity contribution in [3.63, 3.8) is 0 Å². The number of carbonyl (C=O) groups is 2. The molecule has 4 rings (SSSR count). The monoisotopic (exact) mass is 320 g/mol. The summed E-state index contributed by atoms with van der Waals surface area (Å²) in [5.74, 6) is 0.0393. The summed E-state index contributed by atoms with van der Waals surface area (Å²) in [5, 5.41) is 8.87. The van der Waals surface area contributed by atoms with E-state index < -0.39 is 5.97 Å². The van der Waals surface area contributed by atoms with E-state index in [0.29, 0.717) is 24.9 Å². The molecule has 3 aliphatic rings. The van der Waals surface area contributed by atoms with E-state index >= 15 is 0 Å². The van der Waals surface area contributed by atoms with E-state index in [4.69, 9.17) is 14.3 Å². The molecule has 1 aromatic rings. The maximum absolute atomic E-state index is 12.8. The quantitative estimate of drug-likeness (QED) is 0.904. The molecule has 1 amide bonds. The number of oxazole rings is 1. The molecule has 2 aliphatic heterocycles. The first-order chi connectivity index (χ1) is 11.1. The summed E-state index contributed by atoms with van der Waals surface area (Å²) in [7, 11) is 0. The lowest BCUT2D eigenvalue weighted by Gasteiger charge is -2.42. The third-order valence-electron chi connectivity index (χ3n) is 5.48. The van der Waals surface area contributed by atoms with Crippen LogP contribution < -0.4 is 0 Å². The second-order valence-corrected chi connectivity index (χ2v) is 6.83. The Balaban J connectivity index is 1.37. The van der Waals surface area contributed by atoms with Gasteiger partial charge >= 0.3 is 5.97 Å². The molecule has 3 heterocycles. The van der Waals surface area contributed by atoms with E-state index in [1.54, 1.807) is 0 Å². The predicted molar refractivity (Wildman–Crippen MR) is 78.0 cm³/mol. The number of aromatic nitrogens is 1. The SMILES string of the molecule is O=C(O)c1coc(C2CN(C(=O)C3(C4CCOCC4)CC3)C2)n1. The number of likely N-dealkylation sites (tertiary alicyclic amines) is 1. The Bertz CT molecular complexity index is 624. The third-order valence-corrected chi connectivity index (χ3v) is 5.48. The molecule has 7 nitrogen and oxygen atoms in total. The highest BCUT2D eigenvalue weighted by atomic mass is 16.5. The first kappa shape index (κ1) is 14.7. The molecule has 0 spiro atoms. The van der Waals surface area contributed by atoms with Gasteiger partial charge in [0.1, 0.15) is 6.26 Å². The fourth-order valence-corrected chi connectivity index (χ4v) is 3.87. The molecule has 124 valence electrons. The third kappa shape index (κ3) is 2.43. The lowest BCUT2D eigenvalue weighted by Crippen LogP contribution is -2.53. The number of carbonyl (C=O) groups excluding carboxylic acids is 1. The van der Waals surface area contributed by atoms with E-state index in [1.807, 2.05) is 4.90 Å². The Morgan fingerprint density at radius 3 is 2.52 bits per heavy atom. The van der Waals surface area contributed by atoms with Crippen LogP contribution >= 0.6 is 0 Å². The molecular weight excluding hydrogens is 300 g/mol. The van der Waals surface area contributed by atoms with Crippen LogP contribution in [0, 0.1) is 11.3 Å². The van der Waals surface area contributed by atoms with Gasteiger partial charge in [0, 0.05) is 26.3 Å². The number of carboxylic acid groups (broad SMARTS) is 1. The van der Waals surface area contributed by atoms with Crippen LogP contribution in [-0.2, 0) is 9.53 Å². The Kier molecular flexibility index (Phi) is 3.41. The fourth-order valence-electron chi connectivity index (χ4n) is 3.87. The first-order valence-electron chi connectivity index (χ1n) is 8.16. The van der Waals surface area contributed by atoms with Crippen LogP contribution in [0.2, 0.25) is 0 Å². The van der Waals surface area contributed by atoms with Crippen molar-refractivity contribution in [3.8, 4) is 0 Å². The Morgan fingerprint density at radius 2 is 1.96 bits per heavy atom.